The van der Waals surface area contributed by atoms with Crippen LogP contribution in [0.5, 0.6) is 0 Å². The molecule has 4 nitrogen and oxygen atoms in total. The molecule has 0 fully saturated rings. The smallest absolute Gasteiger partial charge is 0.358 e. The Kier molecular flexibility index (Phi) is 24.8. The maximum absolute atomic E-state index is 9.01. The van der Waals surface area contributed by atoms with Crippen molar-refractivity contribution < 1.29 is 15.4 Å². The normalized spacial score (nSPS) is 4.00. The van der Waals surface area contributed by atoms with E-state index in [4.69, 9.17) is 9.90 Å². The molecule has 37 valence electrons. The number of hydrogen-bond donors (Lipinski definition) is 2. The second-order valence-corrected chi connectivity index (χ2v) is 0.999. The highest BCUT2D eigenvalue weighted by Crippen LogP contribution is 1.41. The van der Waals surface area contributed by atoms with E-state index in [1.165, 1.54) is 0 Å². The monoisotopic (exact) mass is 108 g/mol. The number of carboxylic acid groups (broad SMARTS) is 1. The van der Waals surface area contributed by atoms with Crippen molar-refractivity contribution in [2.45, 2.75) is 0 Å². The van der Waals surface area contributed by atoms with E-state index >= 15 is 0 Å². The van der Waals surface area contributed by atoms with Crippen molar-refractivity contribution in [1.29, 1.82) is 0 Å². The molecule has 6 N–H and O–H groups in total. The van der Waals surface area contributed by atoms with Crippen molar-refractivity contribution in [3.05, 3.63) is 0 Å². The minimum Gasteiger partial charge on any atom is -0.497 e. The molecule has 1 radical (unpaired) electrons. The maximum atomic E-state index is 9.01. The van der Waals surface area contributed by atoms with Gasteiger partial charge < -0.3 is 16.7 Å². The van der Waals surface area contributed by atoms with Gasteiger partial charge >= 0.3 is 16.3 Å². The molecular weight excluding hydrogens is 101 g/mol. The second kappa shape index (κ2) is 8.87. The van der Waals surface area contributed by atoms with Crippen LogP contribution in [0.2, 0.25) is 0 Å². The van der Waals surface area contributed by atoms with Crippen molar-refractivity contribution in [3.8, 4) is 0 Å². The van der Waals surface area contributed by atoms with E-state index < -0.39 is 4.83 Å². The molecule has 0 unspecified atom stereocenters. The van der Waals surface area contributed by atoms with Gasteiger partial charge in [0.05, 0.1) is 0 Å². The molecule has 0 amide bonds. The van der Waals surface area contributed by atoms with E-state index in [9.17, 15) is 0 Å². The van der Waals surface area contributed by atoms with Gasteiger partial charge in [0.15, 0.2) is 4.83 Å². The quantitative estimate of drug-likeness (QED) is 0.385. The van der Waals surface area contributed by atoms with Crippen LogP contribution in [-0.4, -0.2) is 31.7 Å². The first-order valence-corrected chi connectivity index (χ1v) is 1.49. The molecule has 0 aromatic heterocycles. The molecule has 0 aromatic rings. The number of rotatable bonds is 0. The zero-order valence-corrected chi connectivity index (χ0v) is 4.68. The molecule has 0 aromatic carbocycles. The van der Waals surface area contributed by atoms with Gasteiger partial charge in [0.1, 0.15) is 0 Å². The Morgan fingerprint density at radius 3 is 1.67 bits per heavy atom. The van der Waals surface area contributed by atoms with Crippen LogP contribution in [0.15, 0.2) is 0 Å². The highest BCUT2D eigenvalue weighted by molar-refractivity contribution is 6.54. The molecule has 0 aliphatic carbocycles. The first-order valence-electron chi connectivity index (χ1n) is 0.781. The molecule has 0 saturated carbocycles. The second-order valence-electron chi connectivity index (χ2n) is 0.394. The standard InChI is InChI=1S/CHO2.Al.H3N.H2O.H/c2-1-3;;;;/h(H,2,3);;1H3;1H2;. The first-order chi connectivity index (χ1) is 1.73. The summed E-state index contributed by atoms with van der Waals surface area (Å²) in [6.45, 7) is 0. The zero-order chi connectivity index (χ0) is 3.58. The summed E-state index contributed by atoms with van der Waals surface area (Å²) in [7, 11) is 0. The van der Waals surface area contributed by atoms with Gasteiger partial charge in [-0.05, 0) is 0 Å². The van der Waals surface area contributed by atoms with Gasteiger partial charge in [-0.3, -0.25) is 4.79 Å². The van der Waals surface area contributed by atoms with Gasteiger partial charge in [-0.2, -0.15) is 0 Å². The summed E-state index contributed by atoms with van der Waals surface area (Å²) in [5, 5.41) is 7.43. The molecule has 0 aliphatic rings. The van der Waals surface area contributed by atoms with E-state index in [0.29, 0.717) is 0 Å². The summed E-state index contributed by atoms with van der Waals surface area (Å²) < 4.78 is 0. The predicted molar refractivity (Wildman–Crippen MR) is 23.8 cm³/mol. The average molecular weight is 108 g/mol. The highest BCUT2D eigenvalue weighted by atomic mass is 27.0. The van der Waals surface area contributed by atoms with Gasteiger partial charge in [0.2, 0.25) is 0 Å². The van der Waals surface area contributed by atoms with Gasteiger partial charge in [-0.25, -0.2) is 0 Å². The molecule has 0 rings (SSSR count). The largest absolute Gasteiger partial charge is 0.497 e. The zero-order valence-electron chi connectivity index (χ0n) is 3.27. The third kappa shape index (κ3) is 5570. The van der Waals surface area contributed by atoms with E-state index in [0.717, 1.165) is 16.3 Å². The third-order valence-electron chi connectivity index (χ3n) is 0. The van der Waals surface area contributed by atoms with Crippen LogP contribution in [0.1, 0.15) is 0 Å². The van der Waals surface area contributed by atoms with Gasteiger partial charge in [0, 0.05) is 0 Å². The van der Waals surface area contributed by atoms with E-state index in [1.807, 2.05) is 0 Å². The molecule has 0 bridgehead atoms. The van der Waals surface area contributed by atoms with Gasteiger partial charge in [-0.15, -0.1) is 0 Å². The molecule has 5 heteroatoms. The van der Waals surface area contributed by atoms with Crippen LogP contribution in [0, 0.1) is 0 Å². The van der Waals surface area contributed by atoms with Gasteiger partial charge in [-0.1, -0.05) is 0 Å². The fourth-order valence-electron chi connectivity index (χ4n) is 0. The SMILES string of the molecule is N.O.O=[C](O)[AlH]. The van der Waals surface area contributed by atoms with Crippen molar-refractivity contribution >= 4 is 21.1 Å². The Hall–Kier alpha value is -0.0775. The van der Waals surface area contributed by atoms with Crippen molar-refractivity contribution in [2.24, 2.45) is 0 Å². The van der Waals surface area contributed by atoms with Crippen LogP contribution in [0.25, 0.3) is 0 Å². The Labute approximate surface area is 43.5 Å². The average Bonchev–Trinajstić information content (AvgIpc) is 0.811. The summed E-state index contributed by atoms with van der Waals surface area (Å²) >= 11 is 0.920. The predicted octanol–water partition coefficient (Wildman–Crippen LogP) is -1.10. The van der Waals surface area contributed by atoms with E-state index in [2.05, 4.69) is 0 Å². The Bertz CT molecular complexity index is 33.8. The lowest BCUT2D eigenvalue weighted by Gasteiger charge is -1.61. The Morgan fingerprint density at radius 2 is 1.67 bits per heavy atom. The van der Waals surface area contributed by atoms with Crippen LogP contribution in [0.4, 0.5) is 4.79 Å². The fourth-order valence-corrected chi connectivity index (χ4v) is 0. The van der Waals surface area contributed by atoms with Crippen LogP contribution in [0.3, 0.4) is 0 Å². The minimum atomic E-state index is -0.806. The van der Waals surface area contributed by atoms with Gasteiger partial charge in [0.25, 0.3) is 0 Å². The molecule has 6 heavy (non-hydrogen) atoms. The lowest BCUT2D eigenvalue weighted by atomic mass is 11.6. The number of hydrogen-bond acceptors (Lipinski definition) is 2. The molecule has 0 saturated heterocycles. The fraction of sp³-hybridized carbons (Fsp3) is 0. The molecular formula is CH7AlNO3. The summed E-state index contributed by atoms with van der Waals surface area (Å²) in [4.78, 5) is 8.21. The first kappa shape index (κ1) is 16.8. The lowest BCUT2D eigenvalue weighted by Crippen LogP contribution is -1.83. The minimum absolute atomic E-state index is 0. The lowest BCUT2D eigenvalue weighted by molar-refractivity contribution is 0.220. The molecule has 0 atom stereocenters. The molecule has 0 heterocycles. The summed E-state index contributed by atoms with van der Waals surface area (Å²) in [5.41, 5.74) is 0. The summed E-state index contributed by atoms with van der Waals surface area (Å²) in [6.07, 6.45) is 0. The maximum Gasteiger partial charge on any atom is 0.358 e. The highest BCUT2D eigenvalue weighted by Gasteiger charge is 1.66. The van der Waals surface area contributed by atoms with Crippen LogP contribution < -0.4 is 6.15 Å². The van der Waals surface area contributed by atoms with Crippen molar-refractivity contribution in [2.75, 3.05) is 0 Å². The molecule has 0 spiro atoms. The number of carbonyl (C=O) groups is 1. The Morgan fingerprint density at radius 1 is 1.67 bits per heavy atom. The van der Waals surface area contributed by atoms with E-state index in [1.54, 1.807) is 0 Å². The molecule has 0 aliphatic heterocycles. The topological polar surface area (TPSA) is 104 Å². The van der Waals surface area contributed by atoms with Crippen molar-refractivity contribution in [1.82, 2.24) is 6.15 Å². The summed E-state index contributed by atoms with van der Waals surface area (Å²) in [6, 6.07) is 0. The van der Waals surface area contributed by atoms with Crippen LogP contribution >= 0.6 is 0 Å². The van der Waals surface area contributed by atoms with E-state index in [-0.39, 0.29) is 11.6 Å². The third-order valence-corrected chi connectivity index (χ3v) is 0. The van der Waals surface area contributed by atoms with Crippen LogP contribution in [-0.2, 0) is 0 Å². The van der Waals surface area contributed by atoms with Crippen molar-refractivity contribution in [3.63, 3.8) is 0 Å². The summed E-state index contributed by atoms with van der Waals surface area (Å²) in [5.74, 6) is 0. The Balaban J connectivity index is -0.0000000450.